The third kappa shape index (κ3) is 3.61. The topological polar surface area (TPSA) is 47.3 Å². The van der Waals surface area contributed by atoms with Gasteiger partial charge >= 0.3 is 0 Å². The van der Waals surface area contributed by atoms with Crippen molar-refractivity contribution < 1.29 is 9.84 Å². The molecule has 1 aromatic rings. The Morgan fingerprint density at radius 1 is 1.50 bits per heavy atom. The van der Waals surface area contributed by atoms with Crippen LogP contribution in [0, 0.1) is 5.92 Å². The second-order valence-electron chi connectivity index (χ2n) is 4.46. The van der Waals surface area contributed by atoms with Crippen molar-refractivity contribution in [2.24, 2.45) is 13.0 Å². The van der Waals surface area contributed by atoms with E-state index in [9.17, 15) is 5.11 Å². The van der Waals surface area contributed by atoms with E-state index in [-0.39, 0.29) is 6.10 Å². The average Bonchev–Trinajstić information content (AvgIpc) is 2.59. The van der Waals surface area contributed by atoms with Crippen LogP contribution in [0.4, 0.5) is 0 Å². The van der Waals surface area contributed by atoms with Gasteiger partial charge in [0.25, 0.3) is 0 Å². The van der Waals surface area contributed by atoms with Crippen molar-refractivity contribution in [2.45, 2.75) is 39.4 Å². The normalized spacial score (nSPS) is 15.4. The molecule has 4 heteroatoms. The SMILES string of the molecule is CCOC(C(C)C)C(O)Cc1cnn(C)c1. The lowest BCUT2D eigenvalue weighted by atomic mass is 9.97. The van der Waals surface area contributed by atoms with E-state index in [1.165, 1.54) is 0 Å². The first kappa shape index (κ1) is 13.2. The lowest BCUT2D eigenvalue weighted by molar-refractivity contribution is -0.0562. The van der Waals surface area contributed by atoms with Crippen LogP contribution in [0.2, 0.25) is 0 Å². The maximum Gasteiger partial charge on any atom is 0.0859 e. The summed E-state index contributed by atoms with van der Waals surface area (Å²) in [6.07, 6.45) is 3.73. The summed E-state index contributed by atoms with van der Waals surface area (Å²) in [5.41, 5.74) is 1.04. The molecule has 1 heterocycles. The first-order chi connectivity index (χ1) is 7.54. The van der Waals surface area contributed by atoms with Gasteiger partial charge in [-0.05, 0) is 18.4 Å². The van der Waals surface area contributed by atoms with Crippen molar-refractivity contribution in [1.82, 2.24) is 9.78 Å². The Balaban J connectivity index is 2.57. The minimum Gasteiger partial charge on any atom is -0.390 e. The fraction of sp³-hybridized carbons (Fsp3) is 0.750. The molecule has 92 valence electrons. The van der Waals surface area contributed by atoms with Crippen molar-refractivity contribution in [2.75, 3.05) is 6.61 Å². The van der Waals surface area contributed by atoms with Gasteiger partial charge in [-0.2, -0.15) is 5.10 Å². The van der Waals surface area contributed by atoms with Gasteiger partial charge in [0, 0.05) is 26.3 Å². The molecule has 1 aromatic heterocycles. The van der Waals surface area contributed by atoms with Crippen LogP contribution in [-0.4, -0.2) is 33.7 Å². The molecule has 0 spiro atoms. The molecule has 4 nitrogen and oxygen atoms in total. The summed E-state index contributed by atoms with van der Waals surface area (Å²) in [5.74, 6) is 0.312. The van der Waals surface area contributed by atoms with Crippen LogP contribution in [0.15, 0.2) is 12.4 Å². The zero-order valence-corrected chi connectivity index (χ0v) is 10.6. The van der Waals surface area contributed by atoms with Gasteiger partial charge in [0.1, 0.15) is 0 Å². The Morgan fingerprint density at radius 2 is 2.19 bits per heavy atom. The third-order valence-corrected chi connectivity index (χ3v) is 2.60. The van der Waals surface area contributed by atoms with Crippen LogP contribution in [0.1, 0.15) is 26.3 Å². The summed E-state index contributed by atoms with van der Waals surface area (Å²) in [6, 6.07) is 0. The predicted molar refractivity (Wildman–Crippen MR) is 63.2 cm³/mol. The number of aliphatic hydroxyl groups excluding tert-OH is 1. The van der Waals surface area contributed by atoms with Crippen molar-refractivity contribution >= 4 is 0 Å². The number of hydrogen-bond donors (Lipinski definition) is 1. The van der Waals surface area contributed by atoms with E-state index in [1.807, 2.05) is 20.2 Å². The van der Waals surface area contributed by atoms with Gasteiger partial charge in [-0.3, -0.25) is 4.68 Å². The number of aryl methyl sites for hydroxylation is 1. The minimum atomic E-state index is -0.468. The number of ether oxygens (including phenoxy) is 1. The van der Waals surface area contributed by atoms with Crippen LogP contribution >= 0.6 is 0 Å². The maximum atomic E-state index is 10.1. The molecular weight excluding hydrogens is 204 g/mol. The van der Waals surface area contributed by atoms with E-state index < -0.39 is 6.10 Å². The molecule has 0 aliphatic rings. The Morgan fingerprint density at radius 3 is 2.62 bits per heavy atom. The highest BCUT2D eigenvalue weighted by molar-refractivity contribution is 5.05. The van der Waals surface area contributed by atoms with Gasteiger partial charge in [-0.15, -0.1) is 0 Å². The van der Waals surface area contributed by atoms with Crippen LogP contribution in [0.5, 0.6) is 0 Å². The second-order valence-corrected chi connectivity index (χ2v) is 4.46. The van der Waals surface area contributed by atoms with Gasteiger partial charge in [-0.1, -0.05) is 13.8 Å². The molecule has 0 aromatic carbocycles. The molecule has 1 rings (SSSR count). The first-order valence-corrected chi connectivity index (χ1v) is 5.81. The summed E-state index contributed by atoms with van der Waals surface area (Å²) in [5, 5.41) is 14.2. The standard InChI is InChI=1S/C12H22N2O2/c1-5-16-12(9(2)3)11(15)6-10-7-13-14(4)8-10/h7-9,11-12,15H,5-6H2,1-4H3. The highest BCUT2D eigenvalue weighted by atomic mass is 16.5. The molecule has 0 fully saturated rings. The molecule has 0 aliphatic carbocycles. The van der Waals surface area contributed by atoms with Crippen molar-refractivity contribution in [3.8, 4) is 0 Å². The molecule has 16 heavy (non-hydrogen) atoms. The van der Waals surface area contributed by atoms with Gasteiger partial charge < -0.3 is 9.84 Å². The van der Waals surface area contributed by atoms with E-state index in [4.69, 9.17) is 4.74 Å². The molecule has 1 N–H and O–H groups in total. The molecule has 2 unspecified atom stereocenters. The third-order valence-electron chi connectivity index (χ3n) is 2.60. The summed E-state index contributed by atoms with van der Waals surface area (Å²) in [6.45, 7) is 6.71. The van der Waals surface area contributed by atoms with Crippen molar-refractivity contribution in [1.29, 1.82) is 0 Å². The quantitative estimate of drug-likeness (QED) is 0.797. The van der Waals surface area contributed by atoms with Gasteiger partial charge in [0.15, 0.2) is 0 Å². The number of aromatic nitrogens is 2. The largest absolute Gasteiger partial charge is 0.390 e. The Kier molecular flexibility index (Phi) is 4.96. The van der Waals surface area contributed by atoms with E-state index in [0.29, 0.717) is 18.9 Å². The second kappa shape index (κ2) is 6.01. The molecule has 0 saturated heterocycles. The molecule has 0 amide bonds. The summed E-state index contributed by atoms with van der Waals surface area (Å²) in [4.78, 5) is 0. The number of nitrogens with zero attached hydrogens (tertiary/aromatic N) is 2. The monoisotopic (exact) mass is 226 g/mol. The fourth-order valence-corrected chi connectivity index (χ4v) is 1.88. The van der Waals surface area contributed by atoms with Crippen molar-refractivity contribution in [3.63, 3.8) is 0 Å². The van der Waals surface area contributed by atoms with Crippen LogP contribution in [-0.2, 0) is 18.2 Å². The number of hydrogen-bond acceptors (Lipinski definition) is 3. The first-order valence-electron chi connectivity index (χ1n) is 5.81. The lowest BCUT2D eigenvalue weighted by Gasteiger charge is -2.25. The highest BCUT2D eigenvalue weighted by Gasteiger charge is 2.23. The van der Waals surface area contributed by atoms with E-state index in [1.54, 1.807) is 10.9 Å². The maximum absolute atomic E-state index is 10.1. The Labute approximate surface area is 97.2 Å². The molecule has 2 atom stereocenters. The Hall–Kier alpha value is -0.870. The van der Waals surface area contributed by atoms with Crippen molar-refractivity contribution in [3.05, 3.63) is 18.0 Å². The van der Waals surface area contributed by atoms with E-state index in [2.05, 4.69) is 18.9 Å². The minimum absolute atomic E-state index is 0.106. The molecule has 0 bridgehead atoms. The summed E-state index contributed by atoms with van der Waals surface area (Å²) < 4.78 is 7.31. The van der Waals surface area contributed by atoms with Crippen LogP contribution in [0.3, 0.4) is 0 Å². The number of rotatable bonds is 6. The highest BCUT2D eigenvalue weighted by Crippen LogP contribution is 2.15. The van der Waals surface area contributed by atoms with Crippen LogP contribution in [0.25, 0.3) is 0 Å². The molecule has 0 aliphatic heterocycles. The summed E-state index contributed by atoms with van der Waals surface area (Å²) in [7, 11) is 1.87. The molecule has 0 saturated carbocycles. The van der Waals surface area contributed by atoms with E-state index in [0.717, 1.165) is 5.56 Å². The van der Waals surface area contributed by atoms with Crippen LogP contribution < -0.4 is 0 Å². The summed E-state index contributed by atoms with van der Waals surface area (Å²) >= 11 is 0. The molecule has 0 radical (unpaired) electrons. The lowest BCUT2D eigenvalue weighted by Crippen LogP contribution is -2.35. The van der Waals surface area contributed by atoms with Gasteiger partial charge in [0.2, 0.25) is 0 Å². The fourth-order valence-electron chi connectivity index (χ4n) is 1.88. The smallest absolute Gasteiger partial charge is 0.0859 e. The Bertz CT molecular complexity index is 310. The number of aliphatic hydroxyl groups is 1. The van der Waals surface area contributed by atoms with Gasteiger partial charge in [-0.25, -0.2) is 0 Å². The van der Waals surface area contributed by atoms with Gasteiger partial charge in [0.05, 0.1) is 18.4 Å². The predicted octanol–water partition coefficient (Wildman–Crippen LogP) is 1.38. The average molecular weight is 226 g/mol. The van der Waals surface area contributed by atoms with E-state index >= 15 is 0 Å². The molecular formula is C12H22N2O2. The zero-order chi connectivity index (χ0) is 12.1. The zero-order valence-electron chi connectivity index (χ0n) is 10.6.